The number of carbonyl (C=O) groups excluding carboxylic acids is 1. The number of ether oxygens (including phenoxy) is 1. The third-order valence-corrected chi connectivity index (χ3v) is 5.28. The number of hydrogen-bond acceptors (Lipinski definition) is 6. The second-order valence-electron chi connectivity index (χ2n) is 7.54. The van der Waals surface area contributed by atoms with Gasteiger partial charge in [0.25, 0.3) is 0 Å². The van der Waals surface area contributed by atoms with E-state index in [1.807, 2.05) is 30.3 Å². The molecule has 2 aromatic heterocycles. The Kier molecular flexibility index (Phi) is 5.56. The summed E-state index contributed by atoms with van der Waals surface area (Å²) in [6.45, 7) is 3.46. The van der Waals surface area contributed by atoms with Crippen molar-refractivity contribution in [3.05, 3.63) is 108 Å². The largest absolute Gasteiger partial charge is 0.457 e. The number of nitrogens with two attached hydrogens (primary N) is 1. The monoisotopic (exact) mass is 464 g/mol. The van der Waals surface area contributed by atoms with E-state index in [-0.39, 0.29) is 11.7 Å². The molecule has 9 nitrogen and oxygen atoms in total. The number of imidazole rings is 1. The minimum atomic E-state index is -0.392. The van der Waals surface area contributed by atoms with Crippen LogP contribution in [0, 0.1) is 0 Å². The SMILES string of the molecule is C=CC(=O)Nc1cccc(-n2c(=O)n(-c3ccc(Oc4ccccc4)cc3)c3c(N)ncnc32)c1. The average Bonchev–Trinajstić information content (AvgIpc) is 3.18. The third-order valence-electron chi connectivity index (χ3n) is 5.28. The zero-order chi connectivity index (χ0) is 24.4. The normalized spacial score (nSPS) is 10.7. The van der Waals surface area contributed by atoms with E-state index < -0.39 is 5.69 Å². The van der Waals surface area contributed by atoms with Crippen molar-refractivity contribution in [1.82, 2.24) is 19.1 Å². The number of para-hydroxylation sites is 1. The summed E-state index contributed by atoms with van der Waals surface area (Å²) in [4.78, 5) is 33.8. The maximum Gasteiger partial charge on any atom is 0.339 e. The van der Waals surface area contributed by atoms with Crippen molar-refractivity contribution in [3.63, 3.8) is 0 Å². The first-order valence-corrected chi connectivity index (χ1v) is 10.7. The molecule has 9 heteroatoms. The summed E-state index contributed by atoms with van der Waals surface area (Å²) in [5.41, 5.74) is 8.07. The predicted molar refractivity (Wildman–Crippen MR) is 134 cm³/mol. The van der Waals surface area contributed by atoms with E-state index in [1.54, 1.807) is 48.5 Å². The number of fused-ring (bicyclic) bond motifs is 1. The van der Waals surface area contributed by atoms with Gasteiger partial charge in [-0.05, 0) is 60.7 Å². The fourth-order valence-corrected chi connectivity index (χ4v) is 3.72. The molecule has 0 atom stereocenters. The summed E-state index contributed by atoms with van der Waals surface area (Å²) >= 11 is 0. The van der Waals surface area contributed by atoms with Crippen LogP contribution in [0.4, 0.5) is 11.5 Å². The van der Waals surface area contributed by atoms with Crippen LogP contribution < -0.4 is 21.5 Å². The second kappa shape index (κ2) is 8.99. The van der Waals surface area contributed by atoms with Crippen LogP contribution in [-0.2, 0) is 4.79 Å². The Bertz CT molecular complexity index is 1600. The summed E-state index contributed by atoms with van der Waals surface area (Å²) in [6.07, 6.45) is 2.47. The molecule has 1 amide bonds. The van der Waals surface area contributed by atoms with E-state index in [2.05, 4.69) is 21.9 Å². The van der Waals surface area contributed by atoms with Crippen molar-refractivity contribution in [3.8, 4) is 22.9 Å². The van der Waals surface area contributed by atoms with E-state index >= 15 is 0 Å². The Morgan fingerprint density at radius 1 is 0.914 bits per heavy atom. The molecule has 0 aliphatic carbocycles. The number of aromatic nitrogens is 4. The van der Waals surface area contributed by atoms with Gasteiger partial charge in [-0.3, -0.25) is 9.36 Å². The highest BCUT2D eigenvalue weighted by Gasteiger charge is 2.20. The van der Waals surface area contributed by atoms with Gasteiger partial charge in [0.1, 0.15) is 23.3 Å². The van der Waals surface area contributed by atoms with Gasteiger partial charge >= 0.3 is 5.69 Å². The molecule has 0 radical (unpaired) electrons. The molecule has 2 heterocycles. The van der Waals surface area contributed by atoms with Crippen LogP contribution in [0.3, 0.4) is 0 Å². The average molecular weight is 464 g/mol. The summed E-state index contributed by atoms with van der Waals surface area (Å²) in [6, 6.07) is 23.3. The molecule has 5 aromatic rings. The molecule has 0 bridgehead atoms. The number of amides is 1. The molecule has 172 valence electrons. The molecule has 5 rings (SSSR count). The second-order valence-corrected chi connectivity index (χ2v) is 7.54. The zero-order valence-electron chi connectivity index (χ0n) is 18.5. The van der Waals surface area contributed by atoms with Crippen molar-refractivity contribution >= 4 is 28.6 Å². The van der Waals surface area contributed by atoms with Crippen molar-refractivity contribution in [2.75, 3.05) is 11.1 Å². The van der Waals surface area contributed by atoms with E-state index in [0.29, 0.717) is 39.7 Å². The Morgan fingerprint density at radius 3 is 2.40 bits per heavy atom. The standard InChI is InChI=1S/C26H20N6O3/c1-2-22(33)30-17-7-6-8-19(15-17)32-25-23(24(27)28-16-29-25)31(26(32)34)18-11-13-21(14-12-18)35-20-9-4-3-5-10-20/h2-16H,1H2,(H,30,33)(H2,27,28,29). The van der Waals surface area contributed by atoms with Crippen molar-refractivity contribution < 1.29 is 9.53 Å². The number of benzene rings is 3. The van der Waals surface area contributed by atoms with Gasteiger partial charge in [0.05, 0.1) is 11.4 Å². The third kappa shape index (κ3) is 4.13. The number of hydrogen-bond donors (Lipinski definition) is 2. The number of carbonyl (C=O) groups is 1. The molecule has 3 aromatic carbocycles. The molecular weight excluding hydrogens is 444 g/mol. The van der Waals surface area contributed by atoms with Crippen LogP contribution in [0.15, 0.2) is 103 Å². The Hall–Kier alpha value is -5.18. The fraction of sp³-hybridized carbons (Fsp3) is 0. The molecule has 0 spiro atoms. The van der Waals surface area contributed by atoms with Crippen LogP contribution in [-0.4, -0.2) is 25.0 Å². The van der Waals surface area contributed by atoms with Crippen molar-refractivity contribution in [2.45, 2.75) is 0 Å². The first kappa shape index (κ1) is 21.7. The topological polar surface area (TPSA) is 117 Å². The Labute approximate surface area is 199 Å². The van der Waals surface area contributed by atoms with Crippen LogP contribution in [0.1, 0.15) is 0 Å². The fourth-order valence-electron chi connectivity index (χ4n) is 3.72. The summed E-state index contributed by atoms with van der Waals surface area (Å²) in [5.74, 6) is 1.12. The maximum atomic E-state index is 13.7. The van der Waals surface area contributed by atoms with Gasteiger partial charge in [-0.15, -0.1) is 0 Å². The molecule has 0 fully saturated rings. The van der Waals surface area contributed by atoms with Gasteiger partial charge in [-0.1, -0.05) is 30.8 Å². The summed E-state index contributed by atoms with van der Waals surface area (Å²) in [5, 5.41) is 2.69. The lowest BCUT2D eigenvalue weighted by atomic mass is 10.2. The number of rotatable bonds is 6. The Balaban J connectivity index is 1.61. The van der Waals surface area contributed by atoms with Crippen LogP contribution >= 0.6 is 0 Å². The van der Waals surface area contributed by atoms with E-state index in [0.717, 1.165) is 0 Å². The highest BCUT2D eigenvalue weighted by Crippen LogP contribution is 2.26. The highest BCUT2D eigenvalue weighted by atomic mass is 16.5. The molecule has 0 unspecified atom stereocenters. The van der Waals surface area contributed by atoms with Gasteiger partial charge in [-0.25, -0.2) is 19.3 Å². The number of anilines is 2. The summed E-state index contributed by atoms with van der Waals surface area (Å²) < 4.78 is 8.73. The van der Waals surface area contributed by atoms with Gasteiger partial charge < -0.3 is 15.8 Å². The van der Waals surface area contributed by atoms with E-state index in [4.69, 9.17) is 10.5 Å². The van der Waals surface area contributed by atoms with Crippen LogP contribution in [0.25, 0.3) is 22.5 Å². The van der Waals surface area contributed by atoms with Crippen LogP contribution in [0.5, 0.6) is 11.5 Å². The molecule has 0 saturated carbocycles. The number of nitrogens with one attached hydrogen (secondary N) is 1. The number of nitrogen functional groups attached to an aromatic ring is 1. The minimum absolute atomic E-state index is 0.159. The molecule has 0 aliphatic heterocycles. The Morgan fingerprint density at radius 2 is 1.66 bits per heavy atom. The first-order chi connectivity index (χ1) is 17.0. The maximum absolute atomic E-state index is 13.7. The van der Waals surface area contributed by atoms with Crippen LogP contribution in [0.2, 0.25) is 0 Å². The predicted octanol–water partition coefficient (Wildman–Crippen LogP) is 4.07. The van der Waals surface area contributed by atoms with Gasteiger partial charge in [0.15, 0.2) is 11.5 Å². The molecule has 0 aliphatic rings. The number of nitrogens with zero attached hydrogens (tertiary/aromatic N) is 4. The lowest BCUT2D eigenvalue weighted by Gasteiger charge is -2.08. The van der Waals surface area contributed by atoms with E-state index in [9.17, 15) is 9.59 Å². The first-order valence-electron chi connectivity index (χ1n) is 10.7. The van der Waals surface area contributed by atoms with Gasteiger partial charge in [0.2, 0.25) is 5.91 Å². The van der Waals surface area contributed by atoms with Gasteiger partial charge in [-0.2, -0.15) is 0 Å². The minimum Gasteiger partial charge on any atom is -0.457 e. The summed E-state index contributed by atoms with van der Waals surface area (Å²) in [7, 11) is 0. The smallest absolute Gasteiger partial charge is 0.339 e. The van der Waals surface area contributed by atoms with Crippen molar-refractivity contribution in [1.29, 1.82) is 0 Å². The van der Waals surface area contributed by atoms with Gasteiger partial charge in [0, 0.05) is 5.69 Å². The quantitative estimate of drug-likeness (QED) is 0.366. The lowest BCUT2D eigenvalue weighted by Crippen LogP contribution is -2.22. The van der Waals surface area contributed by atoms with E-state index in [1.165, 1.54) is 21.5 Å². The molecular formula is C26H20N6O3. The highest BCUT2D eigenvalue weighted by molar-refractivity contribution is 5.99. The molecule has 0 saturated heterocycles. The van der Waals surface area contributed by atoms with Crippen molar-refractivity contribution in [2.24, 2.45) is 0 Å². The molecule has 3 N–H and O–H groups in total. The molecule has 35 heavy (non-hydrogen) atoms. The zero-order valence-corrected chi connectivity index (χ0v) is 18.5. The lowest BCUT2D eigenvalue weighted by molar-refractivity contribution is -0.111.